The molecule has 0 bridgehead atoms. The lowest BCUT2D eigenvalue weighted by Crippen LogP contribution is -2.23. The molecule has 0 fully saturated rings. The smallest absolute Gasteiger partial charge is 0.206 e. The lowest BCUT2D eigenvalue weighted by Gasteiger charge is -2.25. The normalized spacial score (nSPS) is 11.1. The third-order valence-electron chi connectivity index (χ3n) is 19.0. The lowest BCUT2D eigenvalue weighted by atomic mass is 10.1. The Kier molecular flexibility index (Phi) is 27.4. The lowest BCUT2D eigenvalue weighted by molar-refractivity contribution is 0.531. The van der Waals surface area contributed by atoms with E-state index in [9.17, 15) is 0 Å². The van der Waals surface area contributed by atoms with Crippen molar-refractivity contribution in [2.45, 2.75) is 136 Å². The van der Waals surface area contributed by atoms with Gasteiger partial charge >= 0.3 is 0 Å². The summed E-state index contributed by atoms with van der Waals surface area (Å²) < 4.78 is 7.11. The number of nitrogens with zero attached hydrogens (tertiary/aromatic N) is 14. The molecule has 0 unspecified atom stereocenters. The van der Waals surface area contributed by atoms with Crippen molar-refractivity contribution in [3.63, 3.8) is 0 Å². The summed E-state index contributed by atoms with van der Waals surface area (Å²) in [6.45, 7) is 23.9. The van der Waals surface area contributed by atoms with Crippen LogP contribution in [0.15, 0.2) is 255 Å². The van der Waals surface area contributed by atoms with Gasteiger partial charge in [0.1, 0.15) is 16.6 Å². The summed E-state index contributed by atoms with van der Waals surface area (Å²) >= 11 is 0. The number of para-hydroxylation sites is 3. The highest BCUT2D eigenvalue weighted by Crippen LogP contribution is 2.40. The maximum Gasteiger partial charge on any atom is 0.206 e. The van der Waals surface area contributed by atoms with Crippen LogP contribution in [0.1, 0.15) is 111 Å². The summed E-state index contributed by atoms with van der Waals surface area (Å²) in [5.74, 6) is 7.12. The third kappa shape index (κ3) is 18.7. The second-order valence-corrected chi connectivity index (χ2v) is 29.3. The average molecular weight is 1450 g/mol. The first-order chi connectivity index (χ1) is 51.7. The Labute approximate surface area is 647 Å². The van der Waals surface area contributed by atoms with Gasteiger partial charge in [0.2, 0.25) is 17.8 Å². The molecule has 9 aromatic carbocycles. The zero-order valence-corrected chi connectivity index (χ0v) is 63.5. The number of benzene rings is 9. The number of pyridine rings is 3. The van der Waals surface area contributed by atoms with Crippen molar-refractivity contribution in [2.75, 3.05) is 64.6 Å². The van der Waals surface area contributed by atoms with Crippen LogP contribution in [0.3, 0.4) is 0 Å². The third-order valence-corrected chi connectivity index (χ3v) is 19.0. The molecule has 15 heteroatoms. The molecule has 15 nitrogen and oxygen atoms in total. The van der Waals surface area contributed by atoms with E-state index in [1.165, 1.54) is 38.9 Å². The van der Waals surface area contributed by atoms with Gasteiger partial charge in [-0.2, -0.15) is 0 Å². The molecule has 15 rings (SSSR count). The van der Waals surface area contributed by atoms with E-state index in [-0.39, 0.29) is 22.3 Å². The van der Waals surface area contributed by atoms with Gasteiger partial charge in [-0.1, -0.05) is 307 Å². The number of hydrogen-bond donors (Lipinski definition) is 1. The Morgan fingerprint density at radius 3 is 0.862 bits per heavy atom. The van der Waals surface area contributed by atoms with Crippen LogP contribution >= 0.6 is 0 Å². The average Bonchev–Trinajstić information content (AvgIpc) is 1.62. The van der Waals surface area contributed by atoms with E-state index in [1.807, 2.05) is 7.05 Å². The molecule has 6 aromatic heterocycles. The van der Waals surface area contributed by atoms with Crippen LogP contribution in [0.5, 0.6) is 0 Å². The minimum atomic E-state index is 0. The summed E-state index contributed by atoms with van der Waals surface area (Å²) in [7, 11) is 8.24. The number of anilines is 6. The first-order valence-electron chi connectivity index (χ1n) is 37.6. The van der Waals surface area contributed by atoms with Gasteiger partial charge in [-0.3, -0.25) is 0 Å². The summed E-state index contributed by atoms with van der Waals surface area (Å²) in [4.78, 5) is 42.8. The predicted octanol–water partition coefficient (Wildman–Crippen LogP) is 22.2. The molecule has 15 aromatic rings. The maximum atomic E-state index is 5.32. The highest BCUT2D eigenvalue weighted by Gasteiger charge is 2.28. The largest absolute Gasteiger partial charge is 0.359 e. The van der Waals surface area contributed by atoms with Crippen molar-refractivity contribution in [2.24, 2.45) is 17.8 Å². The molecule has 6 heterocycles. The molecule has 0 spiro atoms. The molecule has 0 radical (unpaired) electrons. The molecule has 109 heavy (non-hydrogen) atoms. The van der Waals surface area contributed by atoms with Crippen molar-refractivity contribution in [1.29, 1.82) is 0 Å². The van der Waals surface area contributed by atoms with Gasteiger partial charge in [-0.25, -0.2) is 29.9 Å². The minimum Gasteiger partial charge on any atom is -0.359 e. The number of aromatic nitrogens is 9. The summed E-state index contributed by atoms with van der Waals surface area (Å²) in [5.41, 5.74) is 16.9. The molecular weight excluding hydrogens is 1340 g/mol. The molecule has 0 aliphatic carbocycles. The van der Waals surface area contributed by atoms with Gasteiger partial charge in [0, 0.05) is 110 Å². The minimum absolute atomic E-state index is 0. The van der Waals surface area contributed by atoms with Crippen LogP contribution in [-0.2, 0) is 58.9 Å². The molecule has 0 amide bonds. The van der Waals surface area contributed by atoms with Gasteiger partial charge in [0.15, 0.2) is 17.5 Å². The van der Waals surface area contributed by atoms with Gasteiger partial charge < -0.3 is 43.5 Å². The topological polar surface area (TPSA) is 120 Å². The molecular formula is C94H113N15. The van der Waals surface area contributed by atoms with Crippen molar-refractivity contribution >= 4 is 101 Å². The van der Waals surface area contributed by atoms with E-state index in [4.69, 9.17) is 29.9 Å². The van der Waals surface area contributed by atoms with E-state index >= 15 is 0 Å². The first kappa shape index (κ1) is 80.0. The van der Waals surface area contributed by atoms with Crippen LogP contribution in [0.4, 0.5) is 35.3 Å². The maximum absolute atomic E-state index is 5.32. The summed E-state index contributed by atoms with van der Waals surface area (Å²) in [6, 6.07) is 89.1. The van der Waals surface area contributed by atoms with E-state index < -0.39 is 0 Å². The Morgan fingerprint density at radius 2 is 0.578 bits per heavy atom. The highest BCUT2D eigenvalue weighted by molar-refractivity contribution is 6.10. The van der Waals surface area contributed by atoms with E-state index in [0.29, 0.717) is 17.8 Å². The predicted molar refractivity (Wildman–Crippen MR) is 466 cm³/mol. The Bertz CT molecular complexity index is 5200. The van der Waals surface area contributed by atoms with Gasteiger partial charge in [0.25, 0.3) is 0 Å². The Morgan fingerprint density at radius 1 is 0.321 bits per heavy atom. The van der Waals surface area contributed by atoms with Crippen LogP contribution in [-0.4, -0.2) is 78.3 Å². The Hall–Kier alpha value is -11.6. The fraction of sp³-hybridized carbons (Fsp3) is 0.298. The zero-order valence-electron chi connectivity index (χ0n) is 63.5. The molecule has 1 N–H and O–H groups in total. The second kappa shape index (κ2) is 37.3. The molecule has 0 saturated carbocycles. The molecule has 564 valence electrons. The number of hydrogen-bond acceptors (Lipinski definition) is 12. The first-order valence-corrected chi connectivity index (χ1v) is 37.6. The summed E-state index contributed by atoms with van der Waals surface area (Å²) in [5, 5.41) is 6.76. The molecule has 0 saturated heterocycles. The number of imidazole rings is 3. The number of nitrogens with one attached hydrogen (secondary N) is 1. The summed E-state index contributed by atoms with van der Waals surface area (Å²) in [6.07, 6.45) is 1.07. The molecule has 0 atom stereocenters. The van der Waals surface area contributed by atoms with Crippen LogP contribution in [0.2, 0.25) is 0 Å². The Balaban J connectivity index is 0.000000172. The fourth-order valence-electron chi connectivity index (χ4n) is 14.4. The monoisotopic (exact) mass is 1450 g/mol. The molecule has 0 aliphatic heterocycles. The fourth-order valence-corrected chi connectivity index (χ4v) is 14.4. The molecule has 0 aliphatic rings. The van der Waals surface area contributed by atoms with E-state index in [2.05, 4.69) is 368 Å². The highest BCUT2D eigenvalue weighted by atomic mass is 15.3. The van der Waals surface area contributed by atoms with Crippen LogP contribution in [0.25, 0.3) is 65.8 Å². The van der Waals surface area contributed by atoms with Gasteiger partial charge in [-0.05, 0) is 75.8 Å². The number of rotatable bonds is 26. The van der Waals surface area contributed by atoms with Gasteiger partial charge in [0.05, 0.1) is 33.1 Å². The van der Waals surface area contributed by atoms with Crippen LogP contribution in [0, 0.1) is 17.8 Å². The SMILES string of the molecule is C.C.C.CC(C)Cn1c(N(C)C)nc2c(N(Cc3ccccc3)Cc3ccccc3)nc3ccccc3c21.CCCN(C)c1nc2c(N(Cc3ccccc3)Cc3ccccc3)nc3ccccc3c2n1CC(C)C.CNc1nc2c(N(Cc3ccccc3)Cc3ccccc3)nc3ccccc3c2n1CC(C)C. The van der Waals surface area contributed by atoms with E-state index in [1.54, 1.807) is 0 Å². The second-order valence-electron chi connectivity index (χ2n) is 29.3. The van der Waals surface area contributed by atoms with Crippen molar-refractivity contribution < 1.29 is 0 Å². The van der Waals surface area contributed by atoms with Crippen molar-refractivity contribution in [3.8, 4) is 0 Å². The van der Waals surface area contributed by atoms with Gasteiger partial charge in [-0.15, -0.1) is 0 Å². The van der Waals surface area contributed by atoms with Crippen LogP contribution < -0.4 is 29.8 Å². The van der Waals surface area contributed by atoms with Crippen molar-refractivity contribution in [1.82, 2.24) is 43.6 Å². The zero-order chi connectivity index (χ0) is 73.6. The van der Waals surface area contributed by atoms with Crippen molar-refractivity contribution in [3.05, 3.63) is 288 Å². The van der Waals surface area contributed by atoms with E-state index in [0.717, 1.165) is 167 Å². The standard InChI is InChI=1S/C32H37N5.C30H33N5.C29H31N5.3CH4/c1-5-20-35(4)32-34-29-30(37(32)21-24(2)3)27-18-12-13-19-28(27)33-31(29)36(22-25-14-8-6-9-15-25)23-26-16-10-7-11-17-26;1-22(2)19-35-28-25-17-11-12-18-26(25)31-29(27(28)32-30(35)33(3)4)34(20-23-13-7-5-8-14-23)21-24-15-9-6-10-16-24;1-21(2)18-34-27-24-16-10-11-17-25(24)31-28(26(27)32-29(34)30-3)33(19-22-12-6-4-7-13-22)20-23-14-8-5-9-15-23;;;/h6-19,24H,5,20-23H2,1-4H3;5-18,22H,19-21H2,1-4H3;4-17,21H,18-20H2,1-3H3,(H,30,32);3*1H4. The quantitative estimate of drug-likeness (QED) is 0.0556. The number of fused-ring (bicyclic) bond motifs is 9.